The number of ether oxygens (including phenoxy) is 1. The van der Waals surface area contributed by atoms with Gasteiger partial charge in [0.1, 0.15) is 5.84 Å². The lowest BCUT2D eigenvalue weighted by atomic mass is 9.76. The van der Waals surface area contributed by atoms with Crippen LogP contribution in [0.1, 0.15) is 33.1 Å². The standard InChI is InChI=1S/C15H23N3O/c1-11(2)15(17)9-14(16)18-10-13(15)4-3-12-5-7-19-8-6-12/h10-12H,5-9,17H2,1-2H3,(H2,16,18). The highest BCUT2D eigenvalue weighted by Gasteiger charge is 2.35. The molecule has 4 N–H and O–H groups in total. The fourth-order valence-electron chi connectivity index (χ4n) is 2.39. The van der Waals surface area contributed by atoms with Gasteiger partial charge in [0.2, 0.25) is 0 Å². The first-order valence-electron chi connectivity index (χ1n) is 6.93. The average molecular weight is 261 g/mol. The summed E-state index contributed by atoms with van der Waals surface area (Å²) in [6.07, 6.45) is 4.33. The molecule has 1 fully saturated rings. The fraction of sp³-hybridized carbons (Fsp3) is 0.667. The lowest BCUT2D eigenvalue weighted by Crippen LogP contribution is -2.50. The molecule has 0 amide bonds. The number of hydrogen-bond acceptors (Lipinski definition) is 4. The zero-order valence-corrected chi connectivity index (χ0v) is 11.8. The first-order chi connectivity index (χ1) is 9.02. The Morgan fingerprint density at radius 1 is 1.42 bits per heavy atom. The molecule has 0 aromatic heterocycles. The van der Waals surface area contributed by atoms with Crippen LogP contribution in [0.4, 0.5) is 0 Å². The van der Waals surface area contributed by atoms with Crippen molar-refractivity contribution in [1.82, 2.24) is 0 Å². The predicted octanol–water partition coefficient (Wildman–Crippen LogP) is 1.41. The van der Waals surface area contributed by atoms with E-state index in [1.54, 1.807) is 6.20 Å². The quantitative estimate of drug-likeness (QED) is 0.701. The summed E-state index contributed by atoms with van der Waals surface area (Å²) in [5, 5.41) is 0. The van der Waals surface area contributed by atoms with Gasteiger partial charge in [0.15, 0.2) is 0 Å². The Hall–Kier alpha value is -1.31. The van der Waals surface area contributed by atoms with E-state index in [0.717, 1.165) is 31.6 Å². The molecule has 104 valence electrons. The van der Waals surface area contributed by atoms with Gasteiger partial charge >= 0.3 is 0 Å². The third kappa shape index (κ3) is 3.17. The number of nitrogens with zero attached hydrogens (tertiary/aromatic N) is 1. The molecule has 2 rings (SSSR count). The first-order valence-corrected chi connectivity index (χ1v) is 6.93. The highest BCUT2D eigenvalue weighted by molar-refractivity contribution is 5.84. The molecule has 2 heterocycles. The second-order valence-electron chi connectivity index (χ2n) is 5.69. The maximum absolute atomic E-state index is 6.50. The molecule has 0 bridgehead atoms. The van der Waals surface area contributed by atoms with Crippen LogP contribution in [0.5, 0.6) is 0 Å². The van der Waals surface area contributed by atoms with Gasteiger partial charge in [-0.1, -0.05) is 25.7 Å². The topological polar surface area (TPSA) is 73.6 Å². The smallest absolute Gasteiger partial charge is 0.101 e. The van der Waals surface area contributed by atoms with Crippen molar-refractivity contribution in [3.63, 3.8) is 0 Å². The number of rotatable bonds is 1. The van der Waals surface area contributed by atoms with Crippen molar-refractivity contribution in [2.24, 2.45) is 28.3 Å². The Bertz CT molecular complexity index is 450. The Morgan fingerprint density at radius 2 is 2.11 bits per heavy atom. The predicted molar refractivity (Wildman–Crippen MR) is 77.4 cm³/mol. The number of hydrogen-bond donors (Lipinski definition) is 2. The summed E-state index contributed by atoms with van der Waals surface area (Å²) in [6.45, 7) is 5.81. The summed E-state index contributed by atoms with van der Waals surface area (Å²) in [6, 6.07) is 0. The van der Waals surface area contributed by atoms with Crippen LogP contribution < -0.4 is 11.5 Å². The minimum Gasteiger partial charge on any atom is -0.387 e. The minimum atomic E-state index is -0.482. The SMILES string of the molecule is CC(C)C1(N)CC(N)=NC=C1C#CC1CCOCC1. The maximum atomic E-state index is 6.50. The van der Waals surface area contributed by atoms with Gasteiger partial charge in [-0.25, -0.2) is 4.99 Å². The normalized spacial score (nSPS) is 28.4. The summed E-state index contributed by atoms with van der Waals surface area (Å²) in [5.74, 6) is 7.86. The van der Waals surface area contributed by atoms with Crippen LogP contribution in [0.2, 0.25) is 0 Å². The molecule has 0 aromatic rings. The molecule has 0 spiro atoms. The van der Waals surface area contributed by atoms with Crippen molar-refractivity contribution in [1.29, 1.82) is 0 Å². The van der Waals surface area contributed by atoms with Gasteiger partial charge < -0.3 is 16.2 Å². The van der Waals surface area contributed by atoms with E-state index in [1.165, 1.54) is 0 Å². The summed E-state index contributed by atoms with van der Waals surface area (Å²) in [4.78, 5) is 4.18. The van der Waals surface area contributed by atoms with Crippen molar-refractivity contribution >= 4 is 5.84 Å². The van der Waals surface area contributed by atoms with Gasteiger partial charge in [0.05, 0.1) is 5.54 Å². The van der Waals surface area contributed by atoms with E-state index in [0.29, 0.717) is 18.2 Å². The highest BCUT2D eigenvalue weighted by atomic mass is 16.5. The minimum absolute atomic E-state index is 0.275. The molecule has 0 radical (unpaired) electrons. The molecule has 0 saturated carbocycles. The lowest BCUT2D eigenvalue weighted by molar-refractivity contribution is 0.0807. The largest absolute Gasteiger partial charge is 0.387 e. The van der Waals surface area contributed by atoms with E-state index in [4.69, 9.17) is 16.2 Å². The summed E-state index contributed by atoms with van der Waals surface area (Å²) in [7, 11) is 0. The molecule has 2 aliphatic rings. The molecule has 4 nitrogen and oxygen atoms in total. The van der Waals surface area contributed by atoms with Crippen LogP contribution in [0.25, 0.3) is 0 Å². The number of aliphatic imine (C=N–C) groups is 1. The van der Waals surface area contributed by atoms with Crippen molar-refractivity contribution < 1.29 is 4.74 Å². The molecule has 2 aliphatic heterocycles. The van der Waals surface area contributed by atoms with E-state index in [1.807, 2.05) is 0 Å². The number of nitrogens with two attached hydrogens (primary N) is 2. The van der Waals surface area contributed by atoms with Crippen LogP contribution in [0.15, 0.2) is 16.8 Å². The van der Waals surface area contributed by atoms with E-state index in [9.17, 15) is 0 Å². The van der Waals surface area contributed by atoms with E-state index in [2.05, 4.69) is 30.7 Å². The Balaban J connectivity index is 2.18. The zero-order chi connectivity index (χ0) is 13.9. The molecule has 1 unspecified atom stereocenters. The van der Waals surface area contributed by atoms with Gasteiger partial charge in [-0.15, -0.1) is 0 Å². The highest BCUT2D eigenvalue weighted by Crippen LogP contribution is 2.29. The Kier molecular flexibility index (Phi) is 4.28. The molecule has 0 aromatic carbocycles. The van der Waals surface area contributed by atoms with Crippen molar-refractivity contribution in [3.05, 3.63) is 11.8 Å². The monoisotopic (exact) mass is 261 g/mol. The van der Waals surface area contributed by atoms with Gasteiger partial charge in [-0.05, 0) is 18.8 Å². The summed E-state index contributed by atoms with van der Waals surface area (Å²) < 4.78 is 5.34. The molecule has 0 aliphatic carbocycles. The van der Waals surface area contributed by atoms with Gasteiger partial charge in [-0.3, -0.25) is 0 Å². The van der Waals surface area contributed by atoms with Crippen molar-refractivity contribution in [2.45, 2.75) is 38.6 Å². The van der Waals surface area contributed by atoms with Crippen LogP contribution in [0, 0.1) is 23.7 Å². The Morgan fingerprint density at radius 3 is 2.74 bits per heavy atom. The average Bonchev–Trinajstić information content (AvgIpc) is 2.39. The van der Waals surface area contributed by atoms with Gasteiger partial charge in [0, 0.05) is 37.3 Å². The fourth-order valence-corrected chi connectivity index (χ4v) is 2.39. The first kappa shape index (κ1) is 14.1. The van der Waals surface area contributed by atoms with Crippen LogP contribution in [-0.2, 0) is 4.74 Å². The van der Waals surface area contributed by atoms with Crippen LogP contribution in [-0.4, -0.2) is 24.6 Å². The zero-order valence-electron chi connectivity index (χ0n) is 11.8. The third-order valence-electron chi connectivity index (χ3n) is 4.00. The second-order valence-corrected chi connectivity index (χ2v) is 5.69. The maximum Gasteiger partial charge on any atom is 0.101 e. The molecule has 1 saturated heterocycles. The van der Waals surface area contributed by atoms with E-state index >= 15 is 0 Å². The lowest BCUT2D eigenvalue weighted by Gasteiger charge is -2.35. The summed E-state index contributed by atoms with van der Waals surface area (Å²) in [5.41, 5.74) is 12.7. The van der Waals surface area contributed by atoms with E-state index in [-0.39, 0.29) is 5.92 Å². The molecular weight excluding hydrogens is 238 g/mol. The van der Waals surface area contributed by atoms with Gasteiger partial charge in [0.25, 0.3) is 0 Å². The molecule has 1 atom stereocenters. The third-order valence-corrected chi connectivity index (χ3v) is 4.00. The van der Waals surface area contributed by atoms with Crippen LogP contribution >= 0.6 is 0 Å². The van der Waals surface area contributed by atoms with Crippen molar-refractivity contribution in [3.8, 4) is 11.8 Å². The number of amidine groups is 1. The van der Waals surface area contributed by atoms with Crippen molar-refractivity contribution in [2.75, 3.05) is 13.2 Å². The summed E-state index contributed by atoms with van der Waals surface area (Å²) >= 11 is 0. The van der Waals surface area contributed by atoms with Gasteiger partial charge in [-0.2, -0.15) is 0 Å². The van der Waals surface area contributed by atoms with Crippen LogP contribution in [0.3, 0.4) is 0 Å². The van der Waals surface area contributed by atoms with E-state index < -0.39 is 5.54 Å². The molecule has 4 heteroatoms. The molecule has 19 heavy (non-hydrogen) atoms. The molecular formula is C15H23N3O. The Labute approximate surface area is 115 Å². The second kappa shape index (κ2) is 5.77.